The molecule has 3 aromatic rings. The van der Waals surface area contributed by atoms with Crippen molar-refractivity contribution in [2.24, 2.45) is 5.92 Å². The predicted molar refractivity (Wildman–Crippen MR) is 108 cm³/mol. The second-order valence-corrected chi connectivity index (χ2v) is 7.47. The van der Waals surface area contributed by atoms with Gasteiger partial charge in [-0.2, -0.15) is 0 Å². The average Bonchev–Trinajstić information content (AvgIpc) is 3.38. The summed E-state index contributed by atoms with van der Waals surface area (Å²) in [4.78, 5) is 41.2. The number of Topliss-reactive ketones (excluding diaryl/α,β-unsaturated/α-hetero) is 1. The van der Waals surface area contributed by atoms with Gasteiger partial charge in [-0.15, -0.1) is 0 Å². The number of H-pyrrole nitrogens is 1. The van der Waals surface area contributed by atoms with Crippen molar-refractivity contribution in [1.82, 2.24) is 14.9 Å². The van der Waals surface area contributed by atoms with Crippen molar-refractivity contribution in [3.05, 3.63) is 69.8 Å². The lowest BCUT2D eigenvalue weighted by atomic mass is 10.0. The van der Waals surface area contributed by atoms with Crippen LogP contribution < -0.4 is 10.9 Å². The minimum atomic E-state index is -0.480. The molecule has 6 heteroatoms. The van der Waals surface area contributed by atoms with E-state index in [2.05, 4.69) is 10.3 Å². The first-order chi connectivity index (χ1) is 13.5. The lowest BCUT2D eigenvalue weighted by Crippen LogP contribution is -2.33. The van der Waals surface area contributed by atoms with Crippen molar-refractivity contribution < 1.29 is 9.59 Å². The van der Waals surface area contributed by atoms with Crippen LogP contribution in [0.1, 0.15) is 58.5 Å². The number of hydrogen-bond donors (Lipinski definition) is 2. The van der Waals surface area contributed by atoms with Crippen molar-refractivity contribution in [2.75, 3.05) is 7.05 Å². The van der Waals surface area contributed by atoms with Gasteiger partial charge in [-0.3, -0.25) is 14.4 Å². The van der Waals surface area contributed by atoms with E-state index in [1.807, 2.05) is 37.4 Å². The number of benzene rings is 1. The summed E-state index contributed by atoms with van der Waals surface area (Å²) < 4.78 is 1.51. The molecule has 28 heavy (non-hydrogen) atoms. The van der Waals surface area contributed by atoms with Gasteiger partial charge in [0.05, 0.1) is 6.04 Å². The molecule has 0 aliphatic heterocycles. The summed E-state index contributed by atoms with van der Waals surface area (Å²) in [6, 6.07) is 8.94. The van der Waals surface area contributed by atoms with Gasteiger partial charge in [0, 0.05) is 42.3 Å². The van der Waals surface area contributed by atoms with Crippen LogP contribution in [0.4, 0.5) is 0 Å². The summed E-state index contributed by atoms with van der Waals surface area (Å²) in [6.45, 7) is 1.91. The molecule has 1 aromatic carbocycles. The Labute approximate surface area is 162 Å². The molecule has 1 fully saturated rings. The van der Waals surface area contributed by atoms with Crippen LogP contribution in [0.15, 0.2) is 47.5 Å². The molecule has 4 rings (SSSR count). The minimum absolute atomic E-state index is 0.00256. The highest BCUT2D eigenvalue weighted by Crippen LogP contribution is 2.33. The summed E-state index contributed by atoms with van der Waals surface area (Å²) >= 11 is 0. The van der Waals surface area contributed by atoms with Crippen LogP contribution in [0.3, 0.4) is 0 Å². The highest BCUT2D eigenvalue weighted by molar-refractivity contribution is 6.00. The molecule has 0 radical (unpaired) electrons. The zero-order valence-electron chi connectivity index (χ0n) is 16.0. The highest BCUT2D eigenvalue weighted by atomic mass is 16.2. The Bertz CT molecular complexity index is 1120. The van der Waals surface area contributed by atoms with E-state index in [0.29, 0.717) is 17.9 Å². The van der Waals surface area contributed by atoms with Gasteiger partial charge >= 0.3 is 0 Å². The van der Waals surface area contributed by atoms with Crippen molar-refractivity contribution in [1.29, 1.82) is 0 Å². The third-order valence-corrected chi connectivity index (χ3v) is 5.50. The van der Waals surface area contributed by atoms with E-state index in [1.54, 1.807) is 6.20 Å². The fraction of sp³-hybridized carbons (Fsp3) is 0.318. The summed E-state index contributed by atoms with van der Waals surface area (Å²) in [5.74, 6) is -0.0670. The quantitative estimate of drug-likeness (QED) is 0.647. The molecule has 0 bridgehead atoms. The zero-order chi connectivity index (χ0) is 19.8. The topological polar surface area (TPSA) is 84.0 Å². The van der Waals surface area contributed by atoms with Crippen LogP contribution in [0.5, 0.6) is 0 Å². The predicted octanol–water partition coefficient (Wildman–Crippen LogP) is 3.28. The van der Waals surface area contributed by atoms with Crippen molar-refractivity contribution in [3.8, 4) is 0 Å². The van der Waals surface area contributed by atoms with Crippen LogP contribution in [-0.2, 0) is 0 Å². The van der Waals surface area contributed by atoms with Crippen LogP contribution in [0.25, 0.3) is 10.9 Å². The smallest absolute Gasteiger partial charge is 0.263 e. The van der Waals surface area contributed by atoms with E-state index in [4.69, 9.17) is 0 Å². The fourth-order valence-corrected chi connectivity index (χ4v) is 3.67. The Morgan fingerprint density at radius 1 is 1.29 bits per heavy atom. The molecule has 0 saturated heterocycles. The van der Waals surface area contributed by atoms with Gasteiger partial charge < -0.3 is 14.9 Å². The standard InChI is InChI=1S/C22H23N3O3/c1-13(16-4-3-5-19-17(16)8-9-24-19)25-12-15(20(26)10-14-6-7-14)11-18(22(25)28)21(27)23-2/h3-5,8-9,11-14,24H,6-7,10H2,1-2H3,(H,23,27). The molecule has 1 saturated carbocycles. The first-order valence-electron chi connectivity index (χ1n) is 9.57. The van der Waals surface area contributed by atoms with Crippen LogP contribution in [-0.4, -0.2) is 28.3 Å². The number of carbonyl (C=O) groups excluding carboxylic acids is 2. The van der Waals surface area contributed by atoms with Crippen molar-refractivity contribution >= 4 is 22.6 Å². The van der Waals surface area contributed by atoms with Gasteiger partial charge in [0.2, 0.25) is 0 Å². The number of carbonyl (C=O) groups is 2. The molecule has 1 aliphatic carbocycles. The molecule has 2 aromatic heterocycles. The number of amides is 1. The summed E-state index contributed by atoms with van der Waals surface area (Å²) in [5, 5.41) is 3.52. The maximum Gasteiger partial charge on any atom is 0.263 e. The van der Waals surface area contributed by atoms with Gasteiger partial charge in [0.1, 0.15) is 5.56 Å². The maximum absolute atomic E-state index is 13.1. The molecular weight excluding hydrogens is 354 g/mol. The first kappa shape index (κ1) is 18.2. The minimum Gasteiger partial charge on any atom is -0.361 e. The summed E-state index contributed by atoms with van der Waals surface area (Å²) in [6.07, 6.45) is 6.07. The number of fused-ring (bicyclic) bond motifs is 1. The second kappa shape index (κ2) is 7.11. The van der Waals surface area contributed by atoms with Gasteiger partial charge in [-0.1, -0.05) is 12.1 Å². The number of nitrogens with one attached hydrogen (secondary N) is 2. The Morgan fingerprint density at radius 2 is 2.07 bits per heavy atom. The normalized spacial score (nSPS) is 14.8. The molecule has 6 nitrogen and oxygen atoms in total. The Morgan fingerprint density at radius 3 is 2.79 bits per heavy atom. The molecule has 144 valence electrons. The lowest BCUT2D eigenvalue weighted by molar-refractivity contribution is 0.0961. The van der Waals surface area contributed by atoms with Crippen LogP contribution in [0.2, 0.25) is 0 Å². The third kappa shape index (κ3) is 3.26. The second-order valence-electron chi connectivity index (χ2n) is 7.47. The summed E-state index contributed by atoms with van der Waals surface area (Å²) in [5.41, 5.74) is 1.94. The number of hydrogen-bond acceptors (Lipinski definition) is 3. The largest absolute Gasteiger partial charge is 0.361 e. The fourth-order valence-electron chi connectivity index (χ4n) is 3.67. The van der Waals surface area contributed by atoms with Gasteiger partial charge in [0.25, 0.3) is 11.5 Å². The number of aromatic amines is 1. The number of ketones is 1. The Balaban J connectivity index is 1.84. The van der Waals surface area contributed by atoms with Crippen molar-refractivity contribution in [3.63, 3.8) is 0 Å². The molecule has 2 N–H and O–H groups in total. The molecule has 2 heterocycles. The molecule has 0 spiro atoms. The lowest BCUT2D eigenvalue weighted by Gasteiger charge is -2.19. The zero-order valence-corrected chi connectivity index (χ0v) is 16.0. The highest BCUT2D eigenvalue weighted by Gasteiger charge is 2.27. The van der Waals surface area contributed by atoms with E-state index in [0.717, 1.165) is 29.3 Å². The van der Waals surface area contributed by atoms with Gasteiger partial charge in [-0.05, 0) is 49.4 Å². The molecule has 1 amide bonds. The van der Waals surface area contributed by atoms with Crippen molar-refractivity contribution in [2.45, 2.75) is 32.2 Å². The molecular formula is C22H23N3O3. The summed E-state index contributed by atoms with van der Waals surface area (Å²) in [7, 11) is 1.48. The number of rotatable bonds is 6. The van der Waals surface area contributed by atoms with E-state index < -0.39 is 11.5 Å². The first-order valence-corrected chi connectivity index (χ1v) is 9.57. The number of aromatic nitrogens is 2. The Hall–Kier alpha value is -3.15. The van der Waals surface area contributed by atoms with Crippen LogP contribution in [0, 0.1) is 5.92 Å². The number of pyridine rings is 1. The van der Waals surface area contributed by atoms with E-state index in [1.165, 1.54) is 17.7 Å². The Kier molecular flexibility index (Phi) is 4.63. The SMILES string of the molecule is CNC(=O)c1cc(C(=O)CC2CC2)cn(C(C)c2cccc3[nH]ccc23)c1=O. The van der Waals surface area contributed by atoms with Crippen LogP contribution >= 0.6 is 0 Å². The monoisotopic (exact) mass is 377 g/mol. The van der Waals surface area contributed by atoms with E-state index >= 15 is 0 Å². The van der Waals surface area contributed by atoms with Gasteiger partial charge in [0.15, 0.2) is 5.78 Å². The maximum atomic E-state index is 13.1. The average molecular weight is 377 g/mol. The molecule has 1 aliphatic rings. The van der Waals surface area contributed by atoms with E-state index in [9.17, 15) is 14.4 Å². The van der Waals surface area contributed by atoms with Gasteiger partial charge in [-0.25, -0.2) is 0 Å². The third-order valence-electron chi connectivity index (χ3n) is 5.50. The molecule has 1 atom stereocenters. The molecule has 1 unspecified atom stereocenters. The number of nitrogens with zero attached hydrogens (tertiary/aromatic N) is 1. The van der Waals surface area contributed by atoms with E-state index in [-0.39, 0.29) is 17.4 Å².